The van der Waals surface area contributed by atoms with Crippen molar-refractivity contribution in [2.45, 2.75) is 58.9 Å². The van der Waals surface area contributed by atoms with Gasteiger partial charge in [0.25, 0.3) is 0 Å². The fraction of sp³-hybridized carbons (Fsp3) is 0.733. The summed E-state index contributed by atoms with van der Waals surface area (Å²) in [5.74, 6) is 8.77. The van der Waals surface area contributed by atoms with Crippen LogP contribution >= 0.6 is 0 Å². The van der Waals surface area contributed by atoms with Gasteiger partial charge in [-0.25, -0.2) is 15.8 Å². The average Bonchev–Trinajstić information content (AvgIpc) is 2.81. The van der Waals surface area contributed by atoms with Crippen LogP contribution in [0.3, 0.4) is 0 Å². The first kappa shape index (κ1) is 15.0. The van der Waals surface area contributed by atoms with Gasteiger partial charge in [-0.15, -0.1) is 0 Å². The lowest BCUT2D eigenvalue weighted by molar-refractivity contribution is 0.391. The molecule has 5 heteroatoms. The molecule has 1 aliphatic rings. The van der Waals surface area contributed by atoms with Gasteiger partial charge in [0.1, 0.15) is 18.0 Å². The number of nitrogens with one attached hydrogen (secondary N) is 2. The van der Waals surface area contributed by atoms with Gasteiger partial charge in [0.2, 0.25) is 0 Å². The highest BCUT2D eigenvalue weighted by Gasteiger charge is 2.32. The normalized spacial score (nSPS) is 25.7. The Balaban J connectivity index is 2.17. The van der Waals surface area contributed by atoms with Crippen LogP contribution in [0.15, 0.2) is 6.33 Å². The van der Waals surface area contributed by atoms with E-state index in [0.29, 0.717) is 12.0 Å². The van der Waals surface area contributed by atoms with Crippen molar-refractivity contribution in [2.75, 3.05) is 10.7 Å². The van der Waals surface area contributed by atoms with Crippen molar-refractivity contribution in [3.8, 4) is 0 Å². The summed E-state index contributed by atoms with van der Waals surface area (Å²) in [5.41, 5.74) is 3.79. The fourth-order valence-electron chi connectivity index (χ4n) is 3.35. The van der Waals surface area contributed by atoms with Crippen molar-refractivity contribution in [1.82, 2.24) is 9.97 Å². The van der Waals surface area contributed by atoms with E-state index in [4.69, 9.17) is 5.84 Å². The Bertz CT molecular complexity index is 434. The van der Waals surface area contributed by atoms with Crippen LogP contribution < -0.4 is 16.6 Å². The van der Waals surface area contributed by atoms with Gasteiger partial charge in [-0.1, -0.05) is 33.6 Å². The predicted octanol–water partition coefficient (Wildman–Crippen LogP) is 2.95. The van der Waals surface area contributed by atoms with Gasteiger partial charge in [0.15, 0.2) is 0 Å². The first-order valence-electron chi connectivity index (χ1n) is 7.78. The molecule has 2 rings (SSSR count). The number of hydrogen-bond donors (Lipinski definition) is 3. The molecule has 0 aromatic carbocycles. The first-order chi connectivity index (χ1) is 9.71. The Labute approximate surface area is 121 Å². The molecule has 0 radical (unpaired) electrons. The molecule has 4 N–H and O–H groups in total. The van der Waals surface area contributed by atoms with Gasteiger partial charge >= 0.3 is 0 Å². The smallest absolute Gasteiger partial charge is 0.148 e. The zero-order chi connectivity index (χ0) is 14.5. The van der Waals surface area contributed by atoms with Crippen LogP contribution in [0.4, 0.5) is 11.6 Å². The number of nitrogen functional groups attached to an aromatic ring is 1. The SMILES string of the molecule is CCCc1c(NN)ncnc1NC1CCC(CC)C1C. The summed E-state index contributed by atoms with van der Waals surface area (Å²) >= 11 is 0. The monoisotopic (exact) mass is 277 g/mol. The molecule has 0 saturated heterocycles. The number of nitrogens with zero attached hydrogens (tertiary/aromatic N) is 2. The Morgan fingerprint density at radius 3 is 2.60 bits per heavy atom. The molecule has 1 heterocycles. The van der Waals surface area contributed by atoms with Gasteiger partial charge < -0.3 is 10.7 Å². The standard InChI is InChI=1S/C15H27N5/c1-4-6-12-14(17-9-18-15(12)20-16)19-13-8-7-11(5-2)10(13)3/h9-11,13H,4-8,16H2,1-3H3,(H2,17,18,19,20). The molecule has 5 nitrogen and oxygen atoms in total. The van der Waals surface area contributed by atoms with E-state index in [1.807, 2.05) is 0 Å². The molecule has 3 unspecified atom stereocenters. The van der Waals surface area contributed by atoms with Gasteiger partial charge in [-0.2, -0.15) is 0 Å². The third-order valence-corrected chi connectivity index (χ3v) is 4.66. The molecule has 20 heavy (non-hydrogen) atoms. The second-order valence-electron chi connectivity index (χ2n) is 5.80. The highest BCUT2D eigenvalue weighted by Crippen LogP contribution is 2.36. The van der Waals surface area contributed by atoms with E-state index < -0.39 is 0 Å². The Kier molecular flexibility index (Phi) is 5.17. The highest BCUT2D eigenvalue weighted by molar-refractivity contribution is 5.57. The predicted molar refractivity (Wildman–Crippen MR) is 83.4 cm³/mol. The maximum Gasteiger partial charge on any atom is 0.148 e. The van der Waals surface area contributed by atoms with E-state index in [0.717, 1.165) is 36.0 Å². The number of anilines is 2. The van der Waals surface area contributed by atoms with Crippen LogP contribution in [-0.4, -0.2) is 16.0 Å². The third-order valence-electron chi connectivity index (χ3n) is 4.66. The molecule has 112 valence electrons. The molecule has 0 aliphatic heterocycles. The molecule has 1 aromatic heterocycles. The summed E-state index contributed by atoms with van der Waals surface area (Å²) in [6, 6.07) is 0.510. The molecule has 1 fully saturated rings. The summed E-state index contributed by atoms with van der Waals surface area (Å²) in [7, 11) is 0. The number of hydrazine groups is 1. The van der Waals surface area contributed by atoms with E-state index in [2.05, 4.69) is 41.5 Å². The largest absolute Gasteiger partial charge is 0.367 e. The summed E-state index contributed by atoms with van der Waals surface area (Å²) in [4.78, 5) is 8.65. The van der Waals surface area contributed by atoms with Crippen molar-refractivity contribution in [3.05, 3.63) is 11.9 Å². The lowest BCUT2D eigenvalue weighted by Gasteiger charge is -2.23. The summed E-state index contributed by atoms with van der Waals surface area (Å²) in [5, 5.41) is 3.64. The van der Waals surface area contributed by atoms with Crippen LogP contribution in [0.2, 0.25) is 0 Å². The van der Waals surface area contributed by atoms with E-state index in [1.54, 1.807) is 6.33 Å². The number of hydrogen-bond acceptors (Lipinski definition) is 5. The number of aromatic nitrogens is 2. The van der Waals surface area contributed by atoms with Crippen molar-refractivity contribution in [1.29, 1.82) is 0 Å². The molecule has 1 aliphatic carbocycles. The molecule has 3 atom stereocenters. The number of nitrogens with two attached hydrogens (primary N) is 1. The maximum atomic E-state index is 5.56. The van der Waals surface area contributed by atoms with Crippen LogP contribution in [0.1, 0.15) is 52.0 Å². The Morgan fingerprint density at radius 2 is 2.00 bits per heavy atom. The van der Waals surface area contributed by atoms with Crippen LogP contribution in [0.25, 0.3) is 0 Å². The molecular formula is C15H27N5. The van der Waals surface area contributed by atoms with E-state index in [-0.39, 0.29) is 0 Å². The van der Waals surface area contributed by atoms with Crippen LogP contribution in [0.5, 0.6) is 0 Å². The minimum atomic E-state index is 0.510. The number of rotatable bonds is 6. The lowest BCUT2D eigenvalue weighted by atomic mass is 9.93. The van der Waals surface area contributed by atoms with E-state index in [1.165, 1.54) is 19.3 Å². The summed E-state index contributed by atoms with van der Waals surface area (Å²) < 4.78 is 0. The average molecular weight is 277 g/mol. The Hall–Kier alpha value is -1.36. The molecule has 1 aromatic rings. The molecule has 0 amide bonds. The first-order valence-corrected chi connectivity index (χ1v) is 7.78. The topological polar surface area (TPSA) is 75.9 Å². The quantitative estimate of drug-likeness (QED) is 0.550. The van der Waals surface area contributed by atoms with Crippen molar-refractivity contribution in [2.24, 2.45) is 17.7 Å². The second kappa shape index (κ2) is 6.88. The molecule has 0 spiro atoms. The fourth-order valence-corrected chi connectivity index (χ4v) is 3.35. The lowest BCUT2D eigenvalue weighted by Crippen LogP contribution is -2.26. The summed E-state index contributed by atoms with van der Waals surface area (Å²) in [6.45, 7) is 6.79. The van der Waals surface area contributed by atoms with Gasteiger partial charge in [0, 0.05) is 11.6 Å². The third kappa shape index (κ3) is 3.03. The second-order valence-corrected chi connectivity index (χ2v) is 5.80. The zero-order valence-corrected chi connectivity index (χ0v) is 12.8. The highest BCUT2D eigenvalue weighted by atomic mass is 15.3. The van der Waals surface area contributed by atoms with Crippen molar-refractivity contribution in [3.63, 3.8) is 0 Å². The minimum absolute atomic E-state index is 0.510. The van der Waals surface area contributed by atoms with Gasteiger partial charge in [-0.05, 0) is 31.1 Å². The van der Waals surface area contributed by atoms with E-state index in [9.17, 15) is 0 Å². The van der Waals surface area contributed by atoms with Gasteiger partial charge in [-0.3, -0.25) is 0 Å². The van der Waals surface area contributed by atoms with E-state index >= 15 is 0 Å². The zero-order valence-electron chi connectivity index (χ0n) is 12.8. The maximum absolute atomic E-state index is 5.56. The van der Waals surface area contributed by atoms with Crippen LogP contribution in [0, 0.1) is 11.8 Å². The summed E-state index contributed by atoms with van der Waals surface area (Å²) in [6.07, 6.45) is 7.36. The van der Waals surface area contributed by atoms with Crippen molar-refractivity contribution >= 4 is 11.6 Å². The Morgan fingerprint density at radius 1 is 1.25 bits per heavy atom. The minimum Gasteiger partial charge on any atom is -0.367 e. The van der Waals surface area contributed by atoms with Gasteiger partial charge in [0.05, 0.1) is 0 Å². The van der Waals surface area contributed by atoms with Crippen LogP contribution in [-0.2, 0) is 6.42 Å². The van der Waals surface area contributed by atoms with Crippen molar-refractivity contribution < 1.29 is 0 Å². The molecule has 1 saturated carbocycles. The molecule has 0 bridgehead atoms. The molecular weight excluding hydrogens is 250 g/mol.